The van der Waals surface area contributed by atoms with Gasteiger partial charge in [0.05, 0.1) is 29.9 Å². The van der Waals surface area contributed by atoms with Crippen molar-refractivity contribution in [1.82, 2.24) is 24.5 Å². The lowest BCUT2D eigenvalue weighted by molar-refractivity contribution is 0.226. The van der Waals surface area contributed by atoms with Gasteiger partial charge in [-0.2, -0.15) is 5.10 Å². The van der Waals surface area contributed by atoms with Gasteiger partial charge in [-0.15, -0.1) is 5.10 Å². The van der Waals surface area contributed by atoms with E-state index in [9.17, 15) is 4.39 Å². The number of rotatable bonds is 3. The van der Waals surface area contributed by atoms with E-state index < -0.39 is 6.10 Å². The number of aromatic nitrogens is 5. The van der Waals surface area contributed by atoms with Gasteiger partial charge in [-0.05, 0) is 56.9 Å². The number of aryl methyl sites for hydroxylation is 1. The molecule has 1 fully saturated rings. The molecule has 1 aliphatic carbocycles. The van der Waals surface area contributed by atoms with E-state index in [1.54, 1.807) is 19.4 Å². The molecule has 0 amide bonds. The number of methoxy groups -OCH3 is 1. The standard InChI is InChI=1S/C26H27FN6O2/c1-14-20-10-19-11-24(34-3)31-33(19)22-7-6-18(27)9-21(22)15(2)35-23-8-17(12-29-26(23)28)25(20)32(30-14)13-16-4-5-16/h6-9,11-12,15-16H,4-5,10,13H2,1-3H3,(H2,28,29)/t15-/m1/s1. The van der Waals surface area contributed by atoms with Crippen LogP contribution in [0.25, 0.3) is 16.9 Å². The third-order valence-electron chi connectivity index (χ3n) is 6.82. The second kappa shape index (κ2) is 8.11. The van der Waals surface area contributed by atoms with Crippen LogP contribution in [0, 0.1) is 18.7 Å². The third kappa shape index (κ3) is 3.80. The number of nitrogens with zero attached hydrogens (tertiary/aromatic N) is 5. The first-order chi connectivity index (χ1) is 16.9. The summed E-state index contributed by atoms with van der Waals surface area (Å²) >= 11 is 0. The van der Waals surface area contributed by atoms with Crippen molar-refractivity contribution in [3.05, 3.63) is 64.9 Å². The van der Waals surface area contributed by atoms with Crippen molar-refractivity contribution in [3.8, 4) is 28.6 Å². The first-order valence-electron chi connectivity index (χ1n) is 11.8. The van der Waals surface area contributed by atoms with Gasteiger partial charge in [0.2, 0.25) is 5.88 Å². The lowest BCUT2D eigenvalue weighted by Gasteiger charge is -2.22. The molecule has 8 nitrogen and oxygen atoms in total. The van der Waals surface area contributed by atoms with Crippen molar-refractivity contribution >= 4 is 5.82 Å². The molecule has 180 valence electrons. The molecule has 1 aromatic carbocycles. The Morgan fingerprint density at radius 1 is 1.20 bits per heavy atom. The summed E-state index contributed by atoms with van der Waals surface area (Å²) in [6.07, 6.45) is 4.26. The van der Waals surface area contributed by atoms with E-state index >= 15 is 0 Å². The molecule has 35 heavy (non-hydrogen) atoms. The SMILES string of the molecule is COc1cc2n(n1)-c1ccc(F)cc1[C@@H](C)Oc1cc(cnc1N)-c1c(c(C)nn1CC1CC1)C2. The van der Waals surface area contributed by atoms with Crippen LogP contribution in [0.3, 0.4) is 0 Å². The molecule has 2 aliphatic rings. The summed E-state index contributed by atoms with van der Waals surface area (Å²) in [4.78, 5) is 4.44. The van der Waals surface area contributed by atoms with Crippen LogP contribution in [-0.2, 0) is 13.0 Å². The summed E-state index contributed by atoms with van der Waals surface area (Å²) in [7, 11) is 1.59. The average molecular weight is 475 g/mol. The number of nitrogens with two attached hydrogens (primary N) is 1. The second-order valence-electron chi connectivity index (χ2n) is 9.38. The number of halogens is 1. The molecule has 3 aromatic heterocycles. The number of pyridine rings is 1. The van der Waals surface area contributed by atoms with Gasteiger partial charge < -0.3 is 15.2 Å². The van der Waals surface area contributed by atoms with Crippen molar-refractivity contribution < 1.29 is 13.9 Å². The highest BCUT2D eigenvalue weighted by atomic mass is 19.1. The van der Waals surface area contributed by atoms with Gasteiger partial charge in [0, 0.05) is 41.9 Å². The molecule has 6 rings (SSSR count). The van der Waals surface area contributed by atoms with Crippen LogP contribution < -0.4 is 15.2 Å². The fourth-order valence-electron chi connectivity index (χ4n) is 4.82. The van der Waals surface area contributed by atoms with Crippen LogP contribution in [0.15, 0.2) is 36.5 Å². The summed E-state index contributed by atoms with van der Waals surface area (Å²) in [5.41, 5.74) is 12.4. The van der Waals surface area contributed by atoms with E-state index in [1.807, 2.05) is 30.7 Å². The quantitative estimate of drug-likeness (QED) is 0.466. The van der Waals surface area contributed by atoms with Crippen molar-refractivity contribution in [1.29, 1.82) is 0 Å². The number of ether oxygens (including phenoxy) is 2. The number of hydrogen-bond donors (Lipinski definition) is 1. The van der Waals surface area contributed by atoms with Crippen molar-refractivity contribution in [2.75, 3.05) is 12.8 Å². The smallest absolute Gasteiger partial charge is 0.233 e. The predicted octanol–water partition coefficient (Wildman–Crippen LogP) is 4.62. The third-order valence-corrected chi connectivity index (χ3v) is 6.82. The van der Waals surface area contributed by atoms with Crippen LogP contribution in [0.5, 0.6) is 11.6 Å². The van der Waals surface area contributed by atoms with Crippen LogP contribution in [-0.4, -0.2) is 31.7 Å². The van der Waals surface area contributed by atoms with Crippen LogP contribution in [0.2, 0.25) is 0 Å². The zero-order chi connectivity index (χ0) is 24.3. The molecule has 0 spiro atoms. The van der Waals surface area contributed by atoms with E-state index in [0.29, 0.717) is 35.2 Å². The van der Waals surface area contributed by atoms with Gasteiger partial charge in [0.15, 0.2) is 11.6 Å². The normalized spacial score (nSPS) is 16.9. The Balaban J connectivity index is 1.62. The molecule has 0 unspecified atom stereocenters. The average Bonchev–Trinajstić information content (AvgIpc) is 3.48. The Labute approximate surface area is 202 Å². The summed E-state index contributed by atoms with van der Waals surface area (Å²) in [5.74, 6) is 1.50. The molecule has 9 heteroatoms. The van der Waals surface area contributed by atoms with Gasteiger partial charge in [-0.3, -0.25) is 4.68 Å². The topological polar surface area (TPSA) is 93.0 Å². The fraction of sp³-hybridized carbons (Fsp3) is 0.346. The zero-order valence-electron chi connectivity index (χ0n) is 20.0. The molecule has 1 atom stereocenters. The summed E-state index contributed by atoms with van der Waals surface area (Å²) in [5, 5.41) is 9.59. The monoisotopic (exact) mass is 474 g/mol. The molecule has 0 saturated heterocycles. The van der Waals surface area contributed by atoms with E-state index in [1.165, 1.54) is 25.0 Å². The number of hydrogen-bond acceptors (Lipinski definition) is 6. The number of anilines is 1. The summed E-state index contributed by atoms with van der Waals surface area (Å²) < 4.78 is 30.0. The number of fused-ring (bicyclic) bond motifs is 7. The Morgan fingerprint density at radius 3 is 2.80 bits per heavy atom. The molecule has 0 radical (unpaired) electrons. The molecule has 4 aromatic rings. The van der Waals surface area contributed by atoms with Crippen LogP contribution in [0.4, 0.5) is 10.2 Å². The van der Waals surface area contributed by atoms with Gasteiger partial charge in [0.25, 0.3) is 0 Å². The molecule has 1 aliphatic heterocycles. The first kappa shape index (κ1) is 21.6. The highest BCUT2D eigenvalue weighted by molar-refractivity contribution is 5.69. The highest BCUT2D eigenvalue weighted by Crippen LogP contribution is 2.39. The second-order valence-corrected chi connectivity index (χ2v) is 9.38. The Morgan fingerprint density at radius 2 is 2.03 bits per heavy atom. The number of benzene rings is 1. The van der Waals surface area contributed by atoms with Gasteiger partial charge >= 0.3 is 0 Å². The largest absolute Gasteiger partial charge is 0.482 e. The molecular formula is C26H27FN6O2. The van der Waals surface area contributed by atoms with E-state index in [-0.39, 0.29) is 11.6 Å². The molecule has 4 heterocycles. The molecule has 1 saturated carbocycles. The van der Waals surface area contributed by atoms with Crippen LogP contribution in [0.1, 0.15) is 48.4 Å². The van der Waals surface area contributed by atoms with Gasteiger partial charge in [-0.1, -0.05) is 0 Å². The minimum absolute atomic E-state index is 0.281. The minimum Gasteiger partial charge on any atom is -0.482 e. The maximum Gasteiger partial charge on any atom is 0.233 e. The number of nitrogen functional groups attached to an aromatic ring is 1. The first-order valence-corrected chi connectivity index (χ1v) is 11.8. The van der Waals surface area contributed by atoms with Gasteiger partial charge in [-0.25, -0.2) is 14.1 Å². The summed E-state index contributed by atoms with van der Waals surface area (Å²) in [6.45, 7) is 4.75. The van der Waals surface area contributed by atoms with E-state index in [0.717, 1.165) is 34.8 Å². The Bertz CT molecular complexity index is 1440. The van der Waals surface area contributed by atoms with Crippen LogP contribution >= 0.6 is 0 Å². The molecule has 2 N–H and O–H groups in total. The lowest BCUT2D eigenvalue weighted by atomic mass is 10.0. The molecule has 2 bridgehead atoms. The fourth-order valence-corrected chi connectivity index (χ4v) is 4.82. The van der Waals surface area contributed by atoms with E-state index in [4.69, 9.17) is 20.3 Å². The Kier molecular flexibility index (Phi) is 5.01. The lowest BCUT2D eigenvalue weighted by Crippen LogP contribution is -2.14. The van der Waals surface area contributed by atoms with Gasteiger partial charge in [0.1, 0.15) is 11.9 Å². The summed E-state index contributed by atoms with van der Waals surface area (Å²) in [6, 6.07) is 8.45. The van der Waals surface area contributed by atoms with Crippen molar-refractivity contribution in [3.63, 3.8) is 0 Å². The predicted molar refractivity (Wildman–Crippen MR) is 129 cm³/mol. The highest BCUT2D eigenvalue weighted by Gasteiger charge is 2.28. The molecular weight excluding hydrogens is 447 g/mol. The maximum atomic E-state index is 14.4. The minimum atomic E-state index is -0.514. The Hall–Kier alpha value is -3.88. The maximum absolute atomic E-state index is 14.4. The zero-order valence-corrected chi connectivity index (χ0v) is 20.0. The van der Waals surface area contributed by atoms with Crippen molar-refractivity contribution in [2.45, 2.75) is 45.8 Å². The van der Waals surface area contributed by atoms with Crippen molar-refractivity contribution in [2.24, 2.45) is 5.92 Å². The van der Waals surface area contributed by atoms with E-state index in [2.05, 4.69) is 14.8 Å².